The average molecular weight is 382 g/mol. The van der Waals surface area contributed by atoms with Crippen LogP contribution in [0.4, 0.5) is 5.69 Å². The fourth-order valence-corrected chi connectivity index (χ4v) is 3.74. The number of likely N-dealkylation sites (N-methyl/N-ethyl adjacent to an activating group) is 1. The van der Waals surface area contributed by atoms with Crippen LogP contribution in [0.25, 0.3) is 0 Å². The van der Waals surface area contributed by atoms with Gasteiger partial charge in [0, 0.05) is 24.2 Å². The molecule has 2 aliphatic rings. The van der Waals surface area contributed by atoms with Crippen LogP contribution in [0.1, 0.15) is 12.8 Å². The van der Waals surface area contributed by atoms with Crippen LogP contribution < -0.4 is 9.64 Å². The van der Waals surface area contributed by atoms with E-state index < -0.39 is 5.97 Å². The van der Waals surface area contributed by atoms with Gasteiger partial charge in [-0.2, -0.15) is 0 Å². The third-order valence-corrected chi connectivity index (χ3v) is 5.27. The van der Waals surface area contributed by atoms with Crippen LogP contribution in [-0.2, 0) is 9.59 Å². The topological polar surface area (TPSA) is 73.3 Å². The Morgan fingerprint density at radius 3 is 2.73 bits per heavy atom. The van der Waals surface area contributed by atoms with Gasteiger partial charge in [-0.3, -0.25) is 14.5 Å². The number of ether oxygens (including phenoxy) is 1. The second kappa shape index (κ2) is 8.14. The van der Waals surface area contributed by atoms with Crippen LogP contribution >= 0.6 is 11.6 Å². The molecule has 0 atom stereocenters. The second-order valence-corrected chi connectivity index (χ2v) is 7.24. The molecule has 1 fully saturated rings. The van der Waals surface area contributed by atoms with Crippen molar-refractivity contribution in [2.45, 2.75) is 18.9 Å². The van der Waals surface area contributed by atoms with Crippen molar-refractivity contribution in [3.05, 3.63) is 23.2 Å². The van der Waals surface area contributed by atoms with Crippen molar-refractivity contribution < 1.29 is 19.4 Å². The first kappa shape index (κ1) is 18.8. The summed E-state index contributed by atoms with van der Waals surface area (Å²) in [7, 11) is 1.82. The molecule has 2 aliphatic heterocycles. The van der Waals surface area contributed by atoms with Crippen molar-refractivity contribution in [3.63, 3.8) is 0 Å². The van der Waals surface area contributed by atoms with Gasteiger partial charge >= 0.3 is 5.97 Å². The fraction of sp³-hybridized carbons (Fsp3) is 0.556. The Kier molecular flexibility index (Phi) is 5.88. The normalized spacial score (nSPS) is 17.8. The Labute approximate surface area is 158 Å². The minimum atomic E-state index is -0.823. The Morgan fingerprint density at radius 2 is 2.04 bits per heavy atom. The van der Waals surface area contributed by atoms with Crippen molar-refractivity contribution in [3.8, 4) is 5.75 Å². The molecule has 1 saturated heterocycles. The van der Waals surface area contributed by atoms with E-state index in [9.17, 15) is 9.59 Å². The zero-order chi connectivity index (χ0) is 18.7. The van der Waals surface area contributed by atoms with E-state index in [0.29, 0.717) is 37.8 Å². The summed E-state index contributed by atoms with van der Waals surface area (Å²) in [5, 5.41) is 9.52. The molecule has 142 valence electrons. The summed E-state index contributed by atoms with van der Waals surface area (Å²) < 4.78 is 5.63. The lowest BCUT2D eigenvalue weighted by molar-refractivity contribution is -0.139. The number of carbonyl (C=O) groups excluding carboxylic acids is 1. The van der Waals surface area contributed by atoms with Gasteiger partial charge in [-0.15, -0.1) is 0 Å². The predicted molar refractivity (Wildman–Crippen MR) is 99.0 cm³/mol. The highest BCUT2D eigenvalue weighted by Gasteiger charge is 2.28. The van der Waals surface area contributed by atoms with E-state index in [1.165, 1.54) is 0 Å². The number of hydrogen-bond donors (Lipinski definition) is 1. The number of benzene rings is 1. The Morgan fingerprint density at radius 1 is 1.31 bits per heavy atom. The standard InChI is InChI=1S/C18H24ClN3O4/c1-20(12-18(24)25)14-4-6-21(7-5-14)17(23)11-22-8-9-26-16-3-2-13(19)10-15(16)22/h2-3,10,14H,4-9,11-12H2,1H3,(H,24,25). The summed E-state index contributed by atoms with van der Waals surface area (Å²) in [6.45, 7) is 2.83. The summed E-state index contributed by atoms with van der Waals surface area (Å²) in [6.07, 6.45) is 1.59. The van der Waals surface area contributed by atoms with Crippen molar-refractivity contribution in [2.24, 2.45) is 0 Å². The Hall–Kier alpha value is -1.99. The Bertz CT molecular complexity index is 676. The molecule has 1 N–H and O–H groups in total. The van der Waals surface area contributed by atoms with Gasteiger partial charge in [-0.25, -0.2) is 0 Å². The number of nitrogens with zero attached hydrogens (tertiary/aromatic N) is 3. The van der Waals surface area contributed by atoms with Crippen LogP contribution in [-0.4, -0.2) is 79.2 Å². The zero-order valence-corrected chi connectivity index (χ0v) is 15.6. The van der Waals surface area contributed by atoms with Crippen molar-refractivity contribution in [1.82, 2.24) is 9.80 Å². The summed E-state index contributed by atoms with van der Waals surface area (Å²) in [5.41, 5.74) is 0.855. The summed E-state index contributed by atoms with van der Waals surface area (Å²) >= 11 is 6.08. The molecule has 1 aromatic carbocycles. The molecule has 1 aromatic rings. The molecule has 2 heterocycles. The molecule has 0 radical (unpaired) electrons. The van der Waals surface area contributed by atoms with Crippen molar-refractivity contribution >= 4 is 29.2 Å². The van der Waals surface area contributed by atoms with Crippen LogP contribution in [0.2, 0.25) is 5.02 Å². The van der Waals surface area contributed by atoms with Crippen LogP contribution in [0.5, 0.6) is 5.75 Å². The van der Waals surface area contributed by atoms with E-state index in [2.05, 4.69) is 0 Å². The number of carbonyl (C=O) groups is 2. The number of likely N-dealkylation sites (tertiary alicyclic amines) is 1. The number of carboxylic acid groups (broad SMARTS) is 1. The number of piperidine rings is 1. The maximum atomic E-state index is 12.7. The number of fused-ring (bicyclic) bond motifs is 1. The average Bonchev–Trinajstić information content (AvgIpc) is 2.61. The maximum Gasteiger partial charge on any atom is 0.317 e. The number of halogens is 1. The number of amides is 1. The highest BCUT2D eigenvalue weighted by atomic mass is 35.5. The molecule has 1 amide bonds. The monoisotopic (exact) mass is 381 g/mol. The van der Waals surface area contributed by atoms with Gasteiger partial charge in [0.2, 0.25) is 5.91 Å². The summed E-state index contributed by atoms with van der Waals surface area (Å²) in [4.78, 5) is 29.3. The molecular formula is C18H24ClN3O4. The van der Waals surface area contributed by atoms with Crippen molar-refractivity contribution in [1.29, 1.82) is 0 Å². The van der Waals surface area contributed by atoms with Gasteiger partial charge < -0.3 is 19.6 Å². The maximum absolute atomic E-state index is 12.7. The summed E-state index contributed by atoms with van der Waals surface area (Å²) in [5.74, 6) is 0.00951. The Balaban J connectivity index is 1.56. The number of aliphatic carboxylic acids is 1. The number of hydrogen-bond acceptors (Lipinski definition) is 5. The van der Waals surface area contributed by atoms with Crippen LogP contribution in [0.15, 0.2) is 18.2 Å². The minimum Gasteiger partial charge on any atom is -0.490 e. The SMILES string of the molecule is CN(CC(=O)O)C1CCN(C(=O)CN2CCOc3ccc(Cl)cc32)CC1. The van der Waals surface area contributed by atoms with E-state index in [0.717, 1.165) is 24.3 Å². The summed E-state index contributed by atoms with van der Waals surface area (Å²) in [6, 6.07) is 5.65. The first-order valence-electron chi connectivity index (χ1n) is 8.81. The van der Waals surface area contributed by atoms with Gasteiger partial charge in [0.05, 0.1) is 25.3 Å². The molecule has 0 unspecified atom stereocenters. The lowest BCUT2D eigenvalue weighted by atomic mass is 10.0. The second-order valence-electron chi connectivity index (χ2n) is 6.80. The first-order chi connectivity index (χ1) is 12.4. The minimum absolute atomic E-state index is 0.0317. The number of rotatable bonds is 5. The smallest absolute Gasteiger partial charge is 0.317 e. The van der Waals surface area contributed by atoms with Crippen LogP contribution in [0, 0.1) is 0 Å². The van der Waals surface area contributed by atoms with Gasteiger partial charge in [-0.1, -0.05) is 11.6 Å². The number of anilines is 1. The molecular weight excluding hydrogens is 358 g/mol. The lowest BCUT2D eigenvalue weighted by Gasteiger charge is -2.38. The fourth-order valence-electron chi connectivity index (χ4n) is 3.57. The molecule has 8 heteroatoms. The van der Waals surface area contributed by atoms with E-state index in [-0.39, 0.29) is 18.5 Å². The quantitative estimate of drug-likeness (QED) is 0.834. The van der Waals surface area contributed by atoms with E-state index >= 15 is 0 Å². The highest BCUT2D eigenvalue weighted by molar-refractivity contribution is 6.31. The molecule has 0 aliphatic carbocycles. The predicted octanol–water partition coefficient (Wildman–Crippen LogP) is 1.55. The van der Waals surface area contributed by atoms with E-state index in [4.69, 9.17) is 21.4 Å². The molecule has 0 saturated carbocycles. The van der Waals surface area contributed by atoms with Gasteiger partial charge in [0.25, 0.3) is 0 Å². The molecule has 7 nitrogen and oxygen atoms in total. The van der Waals surface area contributed by atoms with Gasteiger partial charge in [0.15, 0.2) is 0 Å². The van der Waals surface area contributed by atoms with Crippen molar-refractivity contribution in [2.75, 3.05) is 51.3 Å². The van der Waals surface area contributed by atoms with E-state index in [1.807, 2.05) is 33.9 Å². The van der Waals surface area contributed by atoms with Gasteiger partial charge in [0.1, 0.15) is 12.4 Å². The lowest BCUT2D eigenvalue weighted by Crippen LogP contribution is -2.49. The third kappa shape index (κ3) is 4.40. The first-order valence-corrected chi connectivity index (χ1v) is 9.19. The highest BCUT2D eigenvalue weighted by Crippen LogP contribution is 2.34. The number of carboxylic acids is 1. The molecule has 26 heavy (non-hydrogen) atoms. The molecule has 3 rings (SSSR count). The molecule has 0 aromatic heterocycles. The van der Waals surface area contributed by atoms with Crippen LogP contribution in [0.3, 0.4) is 0 Å². The van der Waals surface area contributed by atoms with Gasteiger partial charge in [-0.05, 0) is 38.1 Å². The third-order valence-electron chi connectivity index (χ3n) is 5.03. The zero-order valence-electron chi connectivity index (χ0n) is 14.9. The largest absolute Gasteiger partial charge is 0.490 e. The molecule has 0 bridgehead atoms. The van der Waals surface area contributed by atoms with E-state index in [1.54, 1.807) is 6.07 Å². The molecule has 0 spiro atoms.